The number of rotatable bonds is 2. The molecular weight excluding hydrogens is 370 g/mol. The van der Waals surface area contributed by atoms with Crippen molar-refractivity contribution >= 4 is 44.9 Å². The third-order valence-electron chi connectivity index (χ3n) is 1.91. The van der Waals surface area contributed by atoms with Gasteiger partial charge in [-0.15, -0.1) is 0 Å². The summed E-state index contributed by atoms with van der Waals surface area (Å²) >= 11 is 13.7. The minimum Gasteiger partial charge on any atom is -0.287 e. The van der Waals surface area contributed by atoms with Crippen molar-refractivity contribution in [1.29, 1.82) is 0 Å². The molecule has 1 aromatic rings. The van der Waals surface area contributed by atoms with Crippen molar-refractivity contribution in [2.45, 2.75) is 12.1 Å². The Morgan fingerprint density at radius 3 is 2.06 bits per heavy atom. The number of carbonyl (C=O) groups is 1. The van der Waals surface area contributed by atoms with Crippen LogP contribution in [-0.4, -0.2) is 17.9 Å². The second-order valence-corrected chi connectivity index (χ2v) is 4.76. The van der Waals surface area contributed by atoms with Gasteiger partial charge >= 0.3 is 12.1 Å². The molecule has 9 heteroatoms. The van der Waals surface area contributed by atoms with Crippen LogP contribution in [0.2, 0.25) is 10.0 Å². The first-order valence-electron chi connectivity index (χ1n) is 4.13. The average Bonchev–Trinajstić information content (AvgIpc) is 2.22. The van der Waals surface area contributed by atoms with Crippen LogP contribution in [0.1, 0.15) is 10.4 Å². The lowest BCUT2D eigenvalue weighted by atomic mass is 10.0. The zero-order chi connectivity index (χ0) is 14.3. The van der Waals surface area contributed by atoms with Gasteiger partial charge in [-0.25, -0.2) is 0 Å². The van der Waals surface area contributed by atoms with Crippen LogP contribution in [0.25, 0.3) is 0 Å². The maximum Gasteiger partial charge on any atom is 0.461 e. The highest BCUT2D eigenvalue weighted by Crippen LogP contribution is 2.42. The van der Waals surface area contributed by atoms with Crippen molar-refractivity contribution in [2.24, 2.45) is 0 Å². The quantitative estimate of drug-likeness (QED) is 0.400. The predicted molar refractivity (Wildman–Crippen MR) is 59.5 cm³/mol. The molecule has 1 nitrogen and oxygen atoms in total. The van der Waals surface area contributed by atoms with E-state index in [1.54, 1.807) is 0 Å². The lowest BCUT2D eigenvalue weighted by molar-refractivity contribution is -0.255. The zero-order valence-corrected chi connectivity index (χ0v) is 11.2. The first-order valence-corrected chi connectivity index (χ1v) is 5.68. The van der Waals surface area contributed by atoms with E-state index in [2.05, 4.69) is 15.9 Å². The second-order valence-electron chi connectivity index (χ2n) is 3.12. The Labute approximate surface area is 116 Å². The summed E-state index contributed by atoms with van der Waals surface area (Å²) in [5.74, 6) is -8.05. The van der Waals surface area contributed by atoms with Crippen molar-refractivity contribution in [2.75, 3.05) is 0 Å². The van der Waals surface area contributed by atoms with Crippen molar-refractivity contribution in [3.05, 3.63) is 32.2 Å². The molecule has 1 aromatic carbocycles. The van der Waals surface area contributed by atoms with E-state index in [1.165, 1.54) is 6.07 Å². The molecule has 18 heavy (non-hydrogen) atoms. The van der Waals surface area contributed by atoms with Crippen molar-refractivity contribution in [1.82, 2.24) is 0 Å². The fraction of sp³-hybridized carbons (Fsp3) is 0.222. The molecule has 0 bridgehead atoms. The fourth-order valence-electron chi connectivity index (χ4n) is 1.02. The van der Waals surface area contributed by atoms with Gasteiger partial charge in [0.1, 0.15) is 0 Å². The van der Waals surface area contributed by atoms with Crippen molar-refractivity contribution in [3.8, 4) is 0 Å². The van der Waals surface area contributed by atoms with Gasteiger partial charge in [0.15, 0.2) is 0 Å². The van der Waals surface area contributed by atoms with Crippen LogP contribution in [0.3, 0.4) is 0 Å². The lowest BCUT2D eigenvalue weighted by Gasteiger charge is -2.19. The van der Waals surface area contributed by atoms with Gasteiger partial charge in [0.2, 0.25) is 5.78 Å². The Bertz CT molecular complexity index is 500. The van der Waals surface area contributed by atoms with Gasteiger partial charge in [0.25, 0.3) is 0 Å². The Morgan fingerprint density at radius 1 is 1.11 bits per heavy atom. The molecule has 0 radical (unpaired) electrons. The van der Waals surface area contributed by atoms with E-state index in [0.29, 0.717) is 0 Å². The summed E-state index contributed by atoms with van der Waals surface area (Å²) in [6.45, 7) is 0. The monoisotopic (exact) mass is 370 g/mol. The van der Waals surface area contributed by atoms with Gasteiger partial charge in [-0.2, -0.15) is 22.0 Å². The van der Waals surface area contributed by atoms with Gasteiger partial charge in [0, 0.05) is 4.47 Å². The van der Waals surface area contributed by atoms with Crippen molar-refractivity contribution < 1.29 is 26.7 Å². The number of Topliss-reactive ketones (excluding diaryl/α,β-unsaturated/α-hetero) is 1. The van der Waals surface area contributed by atoms with Crippen LogP contribution < -0.4 is 0 Å². The molecule has 0 aliphatic carbocycles. The second kappa shape index (κ2) is 4.94. The maximum atomic E-state index is 12.9. The van der Waals surface area contributed by atoms with Gasteiger partial charge < -0.3 is 0 Å². The largest absolute Gasteiger partial charge is 0.461 e. The van der Waals surface area contributed by atoms with Crippen LogP contribution >= 0.6 is 39.1 Å². The maximum absolute atomic E-state index is 12.9. The summed E-state index contributed by atoms with van der Waals surface area (Å²) in [5, 5.41) is -1.19. The van der Waals surface area contributed by atoms with Crippen LogP contribution in [0.15, 0.2) is 16.6 Å². The van der Waals surface area contributed by atoms with Crippen LogP contribution in [-0.2, 0) is 0 Å². The number of hydrogen-bond donors (Lipinski definition) is 0. The molecule has 100 valence electrons. The van der Waals surface area contributed by atoms with E-state index in [9.17, 15) is 26.7 Å². The van der Waals surface area contributed by atoms with Gasteiger partial charge in [-0.1, -0.05) is 23.2 Å². The Morgan fingerprint density at radius 2 is 1.61 bits per heavy atom. The Kier molecular flexibility index (Phi) is 4.30. The van der Waals surface area contributed by atoms with E-state index in [1.807, 2.05) is 0 Å². The van der Waals surface area contributed by atoms with E-state index in [0.717, 1.165) is 6.07 Å². The predicted octanol–water partition coefficient (Wildman–Crippen LogP) is 5.14. The van der Waals surface area contributed by atoms with Crippen LogP contribution in [0.5, 0.6) is 0 Å². The topological polar surface area (TPSA) is 17.1 Å². The first-order chi connectivity index (χ1) is 8.00. The molecule has 0 atom stereocenters. The summed E-state index contributed by atoms with van der Waals surface area (Å²) in [4.78, 5) is 11.2. The molecule has 1 rings (SSSR count). The minimum atomic E-state index is -6.01. The smallest absolute Gasteiger partial charge is 0.287 e. The van der Waals surface area contributed by atoms with Gasteiger partial charge in [-0.05, 0) is 28.1 Å². The normalized spacial score (nSPS) is 12.7. The average molecular weight is 372 g/mol. The number of halogens is 8. The summed E-state index contributed by atoms with van der Waals surface area (Å²) in [6.07, 6.45) is -6.01. The van der Waals surface area contributed by atoms with Crippen LogP contribution in [0.4, 0.5) is 22.0 Å². The lowest BCUT2D eigenvalue weighted by Crippen LogP contribution is -2.44. The molecule has 0 aromatic heterocycles. The molecule has 0 saturated carbocycles. The molecule has 0 spiro atoms. The standard InChI is InChI=1S/C9H2BrCl2F5O/c10-3-1-2-4(11)5(6(3)12)7(18)8(13,14)9(15,16)17/h1-2H. The number of benzene rings is 1. The molecular formula is C9H2BrCl2F5O. The molecule has 0 heterocycles. The SMILES string of the molecule is O=C(c1c(Cl)ccc(Br)c1Cl)C(F)(F)C(F)(F)F. The Balaban J connectivity index is 3.41. The summed E-state index contributed by atoms with van der Waals surface area (Å²) in [6, 6.07) is 2.20. The van der Waals surface area contributed by atoms with E-state index in [4.69, 9.17) is 23.2 Å². The molecule has 0 aliphatic heterocycles. The number of hydrogen-bond acceptors (Lipinski definition) is 1. The third kappa shape index (κ3) is 2.62. The highest BCUT2D eigenvalue weighted by atomic mass is 79.9. The molecule has 0 unspecified atom stereocenters. The summed E-state index contributed by atoms with van der Waals surface area (Å²) < 4.78 is 62.0. The molecule has 0 amide bonds. The van der Waals surface area contributed by atoms with Crippen LogP contribution in [0, 0.1) is 0 Å². The highest BCUT2D eigenvalue weighted by molar-refractivity contribution is 9.10. The summed E-state index contributed by atoms with van der Waals surface area (Å²) in [7, 11) is 0. The minimum absolute atomic E-state index is 0.0186. The van der Waals surface area contributed by atoms with E-state index in [-0.39, 0.29) is 4.47 Å². The third-order valence-corrected chi connectivity index (χ3v) is 3.51. The van der Waals surface area contributed by atoms with E-state index < -0.39 is 33.5 Å². The zero-order valence-electron chi connectivity index (χ0n) is 8.09. The fourth-order valence-corrected chi connectivity index (χ4v) is 1.89. The number of ketones is 1. The molecule has 0 aliphatic rings. The van der Waals surface area contributed by atoms with Crippen molar-refractivity contribution in [3.63, 3.8) is 0 Å². The number of carbonyl (C=O) groups excluding carboxylic acids is 1. The van der Waals surface area contributed by atoms with Gasteiger partial charge in [-0.3, -0.25) is 4.79 Å². The summed E-state index contributed by atoms with van der Waals surface area (Å²) in [5.41, 5.74) is -1.07. The number of alkyl halides is 5. The first kappa shape index (κ1) is 15.7. The molecule has 0 N–H and O–H groups in total. The molecule has 0 saturated heterocycles. The van der Waals surface area contributed by atoms with Gasteiger partial charge in [0.05, 0.1) is 15.6 Å². The molecule has 0 fully saturated rings. The highest BCUT2D eigenvalue weighted by Gasteiger charge is 2.63. The van der Waals surface area contributed by atoms with E-state index >= 15 is 0 Å². The Hall–Kier alpha value is -0.400.